The Hall–Kier alpha value is -1.88. The van der Waals surface area contributed by atoms with E-state index in [0.717, 1.165) is 0 Å². The third-order valence-corrected chi connectivity index (χ3v) is 4.66. The zero-order valence-corrected chi connectivity index (χ0v) is 12.9. The Morgan fingerprint density at radius 2 is 1.81 bits per heavy atom. The Bertz CT molecular complexity index is 587. The SMILES string of the molecule is CC(C)(N)C(C)(C)C(=O)N1CC(C(=O)O)c2ccccc21. The van der Waals surface area contributed by atoms with Gasteiger partial charge in [-0.3, -0.25) is 9.59 Å². The molecule has 1 unspecified atom stereocenters. The van der Waals surface area contributed by atoms with Crippen LogP contribution in [-0.2, 0) is 9.59 Å². The molecule has 1 heterocycles. The first-order valence-electron chi connectivity index (χ1n) is 7.00. The molecule has 21 heavy (non-hydrogen) atoms. The molecule has 1 aliphatic heterocycles. The van der Waals surface area contributed by atoms with Crippen LogP contribution < -0.4 is 10.6 Å². The smallest absolute Gasteiger partial charge is 0.312 e. The van der Waals surface area contributed by atoms with Crippen molar-refractivity contribution in [3.8, 4) is 0 Å². The monoisotopic (exact) mass is 290 g/mol. The molecule has 5 heteroatoms. The summed E-state index contributed by atoms with van der Waals surface area (Å²) in [4.78, 5) is 25.9. The van der Waals surface area contributed by atoms with Crippen LogP contribution in [0.2, 0.25) is 0 Å². The maximum Gasteiger partial charge on any atom is 0.312 e. The van der Waals surface area contributed by atoms with E-state index in [4.69, 9.17) is 5.73 Å². The third-order valence-electron chi connectivity index (χ3n) is 4.66. The fraction of sp³-hybridized carbons (Fsp3) is 0.500. The molecule has 0 bridgehead atoms. The highest BCUT2D eigenvalue weighted by Crippen LogP contribution is 2.40. The minimum atomic E-state index is -0.914. The third kappa shape index (κ3) is 2.42. The molecule has 5 nitrogen and oxygen atoms in total. The second-order valence-corrected chi connectivity index (χ2v) is 6.71. The molecule has 1 aliphatic rings. The molecule has 1 amide bonds. The Morgan fingerprint density at radius 3 is 2.33 bits per heavy atom. The Morgan fingerprint density at radius 1 is 1.24 bits per heavy atom. The number of hydrogen-bond donors (Lipinski definition) is 2. The Labute approximate surface area is 124 Å². The number of rotatable bonds is 3. The van der Waals surface area contributed by atoms with Crippen LogP contribution >= 0.6 is 0 Å². The number of para-hydroxylation sites is 1. The van der Waals surface area contributed by atoms with Crippen molar-refractivity contribution < 1.29 is 14.7 Å². The van der Waals surface area contributed by atoms with Crippen LogP contribution in [0.5, 0.6) is 0 Å². The highest BCUT2D eigenvalue weighted by molar-refractivity contribution is 6.02. The number of nitrogens with zero attached hydrogens (tertiary/aromatic N) is 1. The average Bonchev–Trinajstić information content (AvgIpc) is 2.76. The van der Waals surface area contributed by atoms with E-state index >= 15 is 0 Å². The quantitative estimate of drug-likeness (QED) is 0.891. The van der Waals surface area contributed by atoms with E-state index < -0.39 is 22.8 Å². The summed E-state index contributed by atoms with van der Waals surface area (Å²) in [5, 5.41) is 9.36. The van der Waals surface area contributed by atoms with Crippen molar-refractivity contribution >= 4 is 17.6 Å². The molecule has 0 fully saturated rings. The molecule has 0 saturated heterocycles. The van der Waals surface area contributed by atoms with Gasteiger partial charge in [-0.2, -0.15) is 0 Å². The molecule has 1 atom stereocenters. The van der Waals surface area contributed by atoms with Gasteiger partial charge in [-0.1, -0.05) is 18.2 Å². The zero-order valence-electron chi connectivity index (χ0n) is 12.9. The lowest BCUT2D eigenvalue weighted by Crippen LogP contribution is -2.56. The first kappa shape index (κ1) is 15.5. The van der Waals surface area contributed by atoms with Crippen LogP contribution in [0.1, 0.15) is 39.2 Å². The second-order valence-electron chi connectivity index (χ2n) is 6.71. The number of fused-ring (bicyclic) bond motifs is 1. The van der Waals surface area contributed by atoms with E-state index in [2.05, 4.69) is 0 Å². The minimum Gasteiger partial charge on any atom is -0.481 e. The lowest BCUT2D eigenvalue weighted by atomic mass is 9.74. The fourth-order valence-corrected chi connectivity index (χ4v) is 2.42. The van der Waals surface area contributed by atoms with E-state index in [1.54, 1.807) is 36.9 Å². The maximum atomic E-state index is 12.9. The fourth-order valence-electron chi connectivity index (χ4n) is 2.42. The van der Waals surface area contributed by atoms with Gasteiger partial charge in [0.15, 0.2) is 0 Å². The highest BCUT2D eigenvalue weighted by atomic mass is 16.4. The van der Waals surface area contributed by atoms with E-state index in [9.17, 15) is 14.7 Å². The van der Waals surface area contributed by atoms with Crippen LogP contribution in [-0.4, -0.2) is 29.1 Å². The van der Waals surface area contributed by atoms with Crippen molar-refractivity contribution in [3.63, 3.8) is 0 Å². The number of nitrogens with two attached hydrogens (primary N) is 1. The number of carboxylic acid groups (broad SMARTS) is 1. The first-order valence-corrected chi connectivity index (χ1v) is 7.00. The summed E-state index contributed by atoms with van der Waals surface area (Å²) < 4.78 is 0. The number of aliphatic carboxylic acids is 1. The molecular formula is C16H22N2O3. The predicted molar refractivity (Wildman–Crippen MR) is 81.2 cm³/mol. The number of carbonyl (C=O) groups excluding carboxylic acids is 1. The normalized spacial score (nSPS) is 18.5. The molecule has 0 radical (unpaired) electrons. The van der Waals surface area contributed by atoms with Crippen molar-refractivity contribution in [2.45, 2.75) is 39.2 Å². The predicted octanol–water partition coefficient (Wildman–Crippen LogP) is 1.96. The largest absolute Gasteiger partial charge is 0.481 e. The van der Waals surface area contributed by atoms with E-state index in [1.807, 2.05) is 19.9 Å². The number of anilines is 1. The van der Waals surface area contributed by atoms with E-state index in [0.29, 0.717) is 11.3 Å². The van der Waals surface area contributed by atoms with Gasteiger partial charge in [0.25, 0.3) is 0 Å². The number of benzene rings is 1. The minimum absolute atomic E-state index is 0.147. The van der Waals surface area contributed by atoms with Crippen LogP contribution in [0, 0.1) is 5.41 Å². The summed E-state index contributed by atoms with van der Waals surface area (Å²) in [5.41, 5.74) is 5.98. The molecule has 114 valence electrons. The molecule has 0 aliphatic carbocycles. The van der Waals surface area contributed by atoms with Gasteiger partial charge in [-0.05, 0) is 39.3 Å². The summed E-state index contributed by atoms with van der Waals surface area (Å²) in [5.74, 6) is -1.74. The molecule has 1 aromatic rings. The average molecular weight is 290 g/mol. The van der Waals surface area contributed by atoms with Crippen molar-refractivity contribution in [2.75, 3.05) is 11.4 Å². The van der Waals surface area contributed by atoms with Gasteiger partial charge in [-0.15, -0.1) is 0 Å². The molecular weight excluding hydrogens is 268 g/mol. The van der Waals surface area contributed by atoms with E-state index in [-0.39, 0.29) is 12.5 Å². The zero-order chi connectivity index (χ0) is 16.0. The molecule has 3 N–H and O–H groups in total. The molecule has 2 rings (SSSR count). The Balaban J connectivity index is 2.44. The lowest BCUT2D eigenvalue weighted by molar-refractivity contribution is -0.138. The molecule has 0 spiro atoms. The highest BCUT2D eigenvalue weighted by Gasteiger charge is 2.46. The van der Waals surface area contributed by atoms with Crippen molar-refractivity contribution in [2.24, 2.45) is 11.1 Å². The van der Waals surface area contributed by atoms with Crippen LogP contribution in [0.25, 0.3) is 0 Å². The van der Waals surface area contributed by atoms with Crippen LogP contribution in [0.3, 0.4) is 0 Å². The van der Waals surface area contributed by atoms with Gasteiger partial charge in [0.1, 0.15) is 5.92 Å². The van der Waals surface area contributed by atoms with Crippen LogP contribution in [0.15, 0.2) is 24.3 Å². The maximum absolute atomic E-state index is 12.9. The standard InChI is InChI=1S/C16H22N2O3/c1-15(2,16(3,4)17)14(21)18-9-11(13(19)20)10-7-5-6-8-12(10)18/h5-8,11H,9,17H2,1-4H3,(H,19,20). The molecule has 0 saturated carbocycles. The van der Waals surface area contributed by atoms with Gasteiger partial charge in [0, 0.05) is 17.8 Å². The van der Waals surface area contributed by atoms with Gasteiger partial charge in [0.2, 0.25) is 5.91 Å². The van der Waals surface area contributed by atoms with Gasteiger partial charge in [0.05, 0.1) is 5.41 Å². The number of carboxylic acids is 1. The summed E-state index contributed by atoms with van der Waals surface area (Å²) in [6.45, 7) is 7.37. The van der Waals surface area contributed by atoms with Gasteiger partial charge < -0.3 is 15.7 Å². The molecule has 1 aromatic carbocycles. The van der Waals surface area contributed by atoms with Gasteiger partial charge in [-0.25, -0.2) is 0 Å². The van der Waals surface area contributed by atoms with Crippen molar-refractivity contribution in [1.29, 1.82) is 0 Å². The Kier molecular flexibility index (Phi) is 3.58. The molecule has 0 aromatic heterocycles. The van der Waals surface area contributed by atoms with Crippen molar-refractivity contribution in [3.05, 3.63) is 29.8 Å². The lowest BCUT2D eigenvalue weighted by Gasteiger charge is -2.39. The summed E-state index contributed by atoms with van der Waals surface area (Å²) >= 11 is 0. The summed E-state index contributed by atoms with van der Waals surface area (Å²) in [6.07, 6.45) is 0. The number of carbonyl (C=O) groups is 2. The van der Waals surface area contributed by atoms with Crippen LogP contribution in [0.4, 0.5) is 5.69 Å². The number of hydrogen-bond acceptors (Lipinski definition) is 3. The summed E-state index contributed by atoms with van der Waals surface area (Å²) in [6, 6.07) is 7.16. The topological polar surface area (TPSA) is 83.6 Å². The number of amides is 1. The van der Waals surface area contributed by atoms with Gasteiger partial charge >= 0.3 is 5.97 Å². The van der Waals surface area contributed by atoms with Crippen molar-refractivity contribution in [1.82, 2.24) is 0 Å². The first-order chi connectivity index (χ1) is 9.57. The van der Waals surface area contributed by atoms with E-state index in [1.165, 1.54) is 0 Å². The summed E-state index contributed by atoms with van der Waals surface area (Å²) in [7, 11) is 0. The second kappa shape index (κ2) is 4.84.